The molecule has 160 valence electrons. The lowest BCUT2D eigenvalue weighted by atomic mass is 10.2. The van der Waals surface area contributed by atoms with Crippen molar-refractivity contribution in [3.8, 4) is 11.3 Å². The van der Waals surface area contributed by atoms with Gasteiger partial charge in [-0.3, -0.25) is 9.59 Å². The molecule has 1 aliphatic heterocycles. The summed E-state index contributed by atoms with van der Waals surface area (Å²) in [7, 11) is 0. The monoisotopic (exact) mass is 461 g/mol. The number of aromatic nitrogens is 2. The predicted molar refractivity (Wildman–Crippen MR) is 128 cm³/mol. The van der Waals surface area contributed by atoms with E-state index in [0.29, 0.717) is 29.5 Å². The third kappa shape index (κ3) is 4.00. The molecule has 4 N–H and O–H groups in total. The predicted octanol–water partition coefficient (Wildman–Crippen LogP) is 4.87. The number of thiazole rings is 1. The molecule has 2 amide bonds. The van der Waals surface area contributed by atoms with Crippen LogP contribution in [0, 0.1) is 0 Å². The lowest BCUT2D eigenvalue weighted by molar-refractivity contribution is -0.116. The third-order valence-corrected chi connectivity index (χ3v) is 6.98. The molecular formula is C23H19N5O2S2. The Morgan fingerprint density at radius 1 is 1.06 bits per heavy atom. The van der Waals surface area contributed by atoms with Gasteiger partial charge in [-0.1, -0.05) is 36.0 Å². The summed E-state index contributed by atoms with van der Waals surface area (Å²) in [5.41, 5.74) is 9.23. The summed E-state index contributed by atoms with van der Waals surface area (Å²) in [6.45, 7) is 0.554. The maximum Gasteiger partial charge on any atom is 0.265 e. The summed E-state index contributed by atoms with van der Waals surface area (Å²) in [5, 5.41) is 5.23. The number of benzene rings is 2. The molecule has 3 heterocycles. The minimum absolute atomic E-state index is 0.106. The van der Waals surface area contributed by atoms with Crippen molar-refractivity contribution >= 4 is 51.4 Å². The van der Waals surface area contributed by atoms with Gasteiger partial charge < -0.3 is 20.9 Å². The van der Waals surface area contributed by atoms with Gasteiger partial charge in [0.1, 0.15) is 5.69 Å². The summed E-state index contributed by atoms with van der Waals surface area (Å²) in [4.78, 5) is 35.8. The first kappa shape index (κ1) is 20.3. The standard InChI is InChI=1S/C23H19N5O2S2/c24-22(30)15-11-14(12-25-15)16-13-31-23(26-16)27-21(29)9-10-28-17-5-1-3-7-19(17)32-20-8-4-2-6-18(20)28/h1-8,11-13,25H,9-10H2,(H2,24,30)(H,26,27,29). The zero-order valence-electron chi connectivity index (χ0n) is 16.9. The topological polar surface area (TPSA) is 104 Å². The Bertz CT molecular complexity index is 1270. The fourth-order valence-corrected chi connectivity index (χ4v) is 5.40. The van der Waals surface area contributed by atoms with Crippen LogP contribution in [0.4, 0.5) is 16.5 Å². The molecule has 0 radical (unpaired) electrons. The van der Waals surface area contributed by atoms with E-state index >= 15 is 0 Å². The Labute approximate surface area is 192 Å². The fraction of sp³-hybridized carbons (Fsp3) is 0.0870. The third-order valence-electron chi connectivity index (χ3n) is 5.09. The number of rotatable bonds is 6. The smallest absolute Gasteiger partial charge is 0.265 e. The van der Waals surface area contributed by atoms with Crippen molar-refractivity contribution in [1.29, 1.82) is 0 Å². The van der Waals surface area contributed by atoms with Crippen molar-refractivity contribution in [1.82, 2.24) is 9.97 Å². The largest absolute Gasteiger partial charge is 0.364 e. The van der Waals surface area contributed by atoms with E-state index in [-0.39, 0.29) is 5.91 Å². The van der Waals surface area contributed by atoms with Gasteiger partial charge >= 0.3 is 0 Å². The molecule has 0 saturated heterocycles. The summed E-state index contributed by atoms with van der Waals surface area (Å²) in [5.74, 6) is -0.634. The number of para-hydroxylation sites is 2. The molecule has 0 spiro atoms. The second kappa shape index (κ2) is 8.52. The van der Waals surface area contributed by atoms with Gasteiger partial charge in [0.15, 0.2) is 5.13 Å². The number of nitrogens with one attached hydrogen (secondary N) is 2. The number of hydrogen-bond acceptors (Lipinski definition) is 6. The Morgan fingerprint density at radius 2 is 1.75 bits per heavy atom. The molecule has 0 fully saturated rings. The van der Waals surface area contributed by atoms with Gasteiger partial charge in [0.05, 0.1) is 17.1 Å². The van der Waals surface area contributed by atoms with E-state index in [1.165, 1.54) is 21.1 Å². The molecule has 0 unspecified atom stereocenters. The van der Waals surface area contributed by atoms with Crippen LogP contribution >= 0.6 is 23.1 Å². The minimum atomic E-state index is -0.528. The molecule has 0 bridgehead atoms. The number of fused-ring (bicyclic) bond motifs is 2. The van der Waals surface area contributed by atoms with Gasteiger partial charge in [-0.15, -0.1) is 11.3 Å². The van der Waals surface area contributed by atoms with Gasteiger partial charge in [0.25, 0.3) is 5.91 Å². The average molecular weight is 462 g/mol. The Morgan fingerprint density at radius 3 is 2.41 bits per heavy atom. The molecule has 5 rings (SSSR count). The van der Waals surface area contributed by atoms with Crippen LogP contribution < -0.4 is 16.0 Å². The number of hydrogen-bond donors (Lipinski definition) is 3. The number of H-pyrrole nitrogens is 1. The highest BCUT2D eigenvalue weighted by molar-refractivity contribution is 7.99. The molecule has 0 aliphatic carbocycles. The fourth-order valence-electron chi connectivity index (χ4n) is 3.57. The zero-order chi connectivity index (χ0) is 22.1. The number of amides is 2. The first-order chi connectivity index (χ1) is 15.6. The SMILES string of the molecule is NC(=O)c1cc(-c2csc(NC(=O)CCN3c4ccccc4Sc4ccccc43)n2)c[nH]1. The summed E-state index contributed by atoms with van der Waals surface area (Å²) in [6.07, 6.45) is 1.99. The van der Waals surface area contributed by atoms with Crippen molar-refractivity contribution in [2.24, 2.45) is 5.73 Å². The van der Waals surface area contributed by atoms with E-state index in [9.17, 15) is 9.59 Å². The van der Waals surface area contributed by atoms with E-state index in [1.807, 2.05) is 29.6 Å². The van der Waals surface area contributed by atoms with Gasteiger partial charge in [0, 0.05) is 39.9 Å². The molecule has 2 aromatic heterocycles. The van der Waals surface area contributed by atoms with Crippen LogP contribution in [0.3, 0.4) is 0 Å². The molecule has 1 aliphatic rings. The zero-order valence-corrected chi connectivity index (χ0v) is 18.5. The summed E-state index contributed by atoms with van der Waals surface area (Å²) >= 11 is 3.08. The second-order valence-corrected chi connectivity index (χ2v) is 9.13. The highest BCUT2D eigenvalue weighted by Crippen LogP contribution is 2.47. The van der Waals surface area contributed by atoms with Crippen LogP contribution in [-0.2, 0) is 4.79 Å². The number of aromatic amines is 1. The Hall–Kier alpha value is -3.56. The summed E-state index contributed by atoms with van der Waals surface area (Å²) in [6, 6.07) is 18.1. The maximum absolute atomic E-state index is 12.7. The van der Waals surface area contributed by atoms with Crippen LogP contribution in [0.25, 0.3) is 11.3 Å². The molecule has 0 saturated carbocycles. The number of anilines is 3. The first-order valence-electron chi connectivity index (χ1n) is 9.96. The van der Waals surface area contributed by atoms with Crippen molar-refractivity contribution in [2.75, 3.05) is 16.8 Å². The Kier molecular flexibility index (Phi) is 5.42. The number of nitrogens with two attached hydrogens (primary N) is 1. The van der Waals surface area contributed by atoms with Crippen LogP contribution in [0.15, 0.2) is 76.0 Å². The number of primary amides is 1. The van der Waals surface area contributed by atoms with E-state index in [4.69, 9.17) is 5.73 Å². The number of nitrogens with zero attached hydrogens (tertiary/aromatic N) is 2. The Balaban J connectivity index is 1.27. The van der Waals surface area contributed by atoms with E-state index in [0.717, 1.165) is 16.9 Å². The maximum atomic E-state index is 12.7. The molecular weight excluding hydrogens is 442 g/mol. The van der Waals surface area contributed by atoms with Crippen LogP contribution in [0.5, 0.6) is 0 Å². The highest BCUT2D eigenvalue weighted by atomic mass is 32.2. The average Bonchev–Trinajstić information content (AvgIpc) is 3.46. The molecule has 0 atom stereocenters. The van der Waals surface area contributed by atoms with Crippen LogP contribution in [0.2, 0.25) is 0 Å². The minimum Gasteiger partial charge on any atom is -0.364 e. The number of carbonyl (C=O) groups excluding carboxylic acids is 2. The van der Waals surface area contributed by atoms with Gasteiger partial charge in [-0.2, -0.15) is 0 Å². The van der Waals surface area contributed by atoms with Gasteiger partial charge in [-0.05, 0) is 30.3 Å². The van der Waals surface area contributed by atoms with Crippen LogP contribution in [-0.4, -0.2) is 28.3 Å². The molecule has 9 heteroatoms. The lowest BCUT2D eigenvalue weighted by Crippen LogP contribution is -2.25. The lowest BCUT2D eigenvalue weighted by Gasteiger charge is -2.32. The molecule has 4 aromatic rings. The quantitative estimate of drug-likeness (QED) is 0.380. The van der Waals surface area contributed by atoms with Crippen molar-refractivity contribution in [3.05, 3.63) is 71.9 Å². The van der Waals surface area contributed by atoms with Gasteiger partial charge in [-0.25, -0.2) is 4.98 Å². The van der Waals surface area contributed by atoms with Crippen LogP contribution in [0.1, 0.15) is 16.9 Å². The number of carbonyl (C=O) groups is 2. The van der Waals surface area contributed by atoms with Gasteiger partial charge in [0.2, 0.25) is 5.91 Å². The van der Waals surface area contributed by atoms with E-state index in [1.54, 1.807) is 24.0 Å². The molecule has 7 nitrogen and oxygen atoms in total. The molecule has 2 aromatic carbocycles. The highest BCUT2D eigenvalue weighted by Gasteiger charge is 2.23. The summed E-state index contributed by atoms with van der Waals surface area (Å²) < 4.78 is 0. The van der Waals surface area contributed by atoms with E-state index in [2.05, 4.69) is 44.5 Å². The second-order valence-electron chi connectivity index (χ2n) is 7.19. The van der Waals surface area contributed by atoms with Crippen molar-refractivity contribution in [3.63, 3.8) is 0 Å². The normalized spacial score (nSPS) is 12.2. The van der Waals surface area contributed by atoms with Crippen molar-refractivity contribution in [2.45, 2.75) is 16.2 Å². The first-order valence-corrected chi connectivity index (χ1v) is 11.7. The van der Waals surface area contributed by atoms with Crippen molar-refractivity contribution < 1.29 is 9.59 Å². The van der Waals surface area contributed by atoms with E-state index < -0.39 is 5.91 Å². The molecule has 32 heavy (non-hydrogen) atoms.